The van der Waals surface area contributed by atoms with Gasteiger partial charge < -0.3 is 14.7 Å². The lowest BCUT2D eigenvalue weighted by Crippen LogP contribution is -2.43. The Hall–Kier alpha value is -1.10. The molecule has 104 valence electrons. The van der Waals surface area contributed by atoms with Crippen LogP contribution >= 0.6 is 0 Å². The number of likely N-dealkylation sites (tertiary alicyclic amines) is 1. The van der Waals surface area contributed by atoms with Gasteiger partial charge in [-0.15, -0.1) is 0 Å². The highest BCUT2D eigenvalue weighted by atomic mass is 16.5. The van der Waals surface area contributed by atoms with Gasteiger partial charge in [-0.1, -0.05) is 13.8 Å². The maximum Gasteiger partial charge on any atom is 0.305 e. The van der Waals surface area contributed by atoms with Gasteiger partial charge >= 0.3 is 5.97 Å². The van der Waals surface area contributed by atoms with Crippen LogP contribution in [0.5, 0.6) is 0 Å². The SMILES string of the molecule is CCC(C)C(=O)N1CCC(OCCC(=O)O)CC1. The average Bonchev–Trinajstić information content (AvgIpc) is 2.37. The van der Waals surface area contributed by atoms with Crippen LogP contribution < -0.4 is 0 Å². The Balaban J connectivity index is 2.24. The number of amides is 1. The first-order chi connectivity index (χ1) is 8.54. The minimum atomic E-state index is -0.834. The first-order valence-electron chi connectivity index (χ1n) is 6.66. The fourth-order valence-electron chi connectivity index (χ4n) is 2.04. The number of carbonyl (C=O) groups excluding carboxylic acids is 1. The molecule has 0 radical (unpaired) electrons. The summed E-state index contributed by atoms with van der Waals surface area (Å²) in [7, 11) is 0. The number of piperidine rings is 1. The van der Waals surface area contributed by atoms with Gasteiger partial charge in [-0.3, -0.25) is 9.59 Å². The van der Waals surface area contributed by atoms with E-state index in [0.29, 0.717) is 0 Å². The minimum absolute atomic E-state index is 0.0476. The predicted molar refractivity (Wildman–Crippen MR) is 67.3 cm³/mol. The Labute approximate surface area is 108 Å². The summed E-state index contributed by atoms with van der Waals surface area (Å²) in [6, 6.07) is 0. The zero-order chi connectivity index (χ0) is 13.5. The van der Waals surface area contributed by atoms with Crippen LogP contribution in [-0.2, 0) is 14.3 Å². The van der Waals surface area contributed by atoms with Crippen LogP contribution in [-0.4, -0.2) is 47.7 Å². The van der Waals surface area contributed by atoms with Crippen molar-refractivity contribution in [3.8, 4) is 0 Å². The second-order valence-electron chi connectivity index (χ2n) is 4.85. The quantitative estimate of drug-likeness (QED) is 0.783. The van der Waals surface area contributed by atoms with Crippen LogP contribution in [0.4, 0.5) is 0 Å². The molecule has 1 saturated heterocycles. The molecular formula is C13H23NO4. The molecule has 0 aromatic heterocycles. The van der Waals surface area contributed by atoms with Gasteiger partial charge in [0, 0.05) is 19.0 Å². The highest BCUT2D eigenvalue weighted by Crippen LogP contribution is 2.17. The molecule has 5 heteroatoms. The van der Waals surface area contributed by atoms with Crippen molar-refractivity contribution in [3.05, 3.63) is 0 Å². The van der Waals surface area contributed by atoms with E-state index in [0.717, 1.165) is 32.4 Å². The number of carboxylic acid groups (broad SMARTS) is 1. The second kappa shape index (κ2) is 7.36. The van der Waals surface area contributed by atoms with Crippen molar-refractivity contribution in [1.82, 2.24) is 4.90 Å². The molecule has 0 aliphatic carbocycles. The zero-order valence-electron chi connectivity index (χ0n) is 11.2. The first-order valence-corrected chi connectivity index (χ1v) is 6.66. The molecule has 5 nitrogen and oxygen atoms in total. The van der Waals surface area contributed by atoms with E-state index >= 15 is 0 Å². The van der Waals surface area contributed by atoms with Crippen LogP contribution in [0, 0.1) is 5.92 Å². The van der Waals surface area contributed by atoms with Crippen LogP contribution in [0.15, 0.2) is 0 Å². The second-order valence-corrected chi connectivity index (χ2v) is 4.85. The number of rotatable bonds is 6. The smallest absolute Gasteiger partial charge is 0.305 e. The third kappa shape index (κ3) is 4.64. The van der Waals surface area contributed by atoms with Crippen LogP contribution in [0.2, 0.25) is 0 Å². The minimum Gasteiger partial charge on any atom is -0.481 e. The Kier molecular flexibility index (Phi) is 6.12. The summed E-state index contributed by atoms with van der Waals surface area (Å²) in [5, 5.41) is 8.51. The molecule has 1 atom stereocenters. The number of nitrogens with zero attached hydrogens (tertiary/aromatic N) is 1. The first kappa shape index (κ1) is 15.0. The largest absolute Gasteiger partial charge is 0.481 e. The van der Waals surface area contributed by atoms with Crippen molar-refractivity contribution >= 4 is 11.9 Å². The van der Waals surface area contributed by atoms with E-state index in [2.05, 4.69) is 0 Å². The van der Waals surface area contributed by atoms with E-state index in [4.69, 9.17) is 9.84 Å². The summed E-state index contributed by atoms with van der Waals surface area (Å²) in [4.78, 5) is 24.2. The molecule has 0 aromatic rings. The number of hydrogen-bond donors (Lipinski definition) is 1. The standard InChI is InChI=1S/C13H23NO4/c1-3-10(2)13(17)14-7-4-11(5-8-14)18-9-6-12(15)16/h10-11H,3-9H2,1-2H3,(H,15,16). The molecular weight excluding hydrogens is 234 g/mol. The molecule has 1 aliphatic rings. The van der Waals surface area contributed by atoms with Gasteiger partial charge in [-0.2, -0.15) is 0 Å². The highest BCUT2D eigenvalue weighted by Gasteiger charge is 2.25. The van der Waals surface area contributed by atoms with Gasteiger partial charge in [-0.05, 0) is 19.3 Å². The Bertz CT molecular complexity index is 285. The fourth-order valence-corrected chi connectivity index (χ4v) is 2.04. The van der Waals surface area contributed by atoms with Gasteiger partial charge in [0.2, 0.25) is 5.91 Å². The van der Waals surface area contributed by atoms with Gasteiger partial charge in [0.25, 0.3) is 0 Å². The summed E-state index contributed by atoms with van der Waals surface area (Å²) in [5.41, 5.74) is 0. The number of aliphatic carboxylic acids is 1. The fraction of sp³-hybridized carbons (Fsp3) is 0.846. The van der Waals surface area contributed by atoms with Gasteiger partial charge in [0.15, 0.2) is 0 Å². The van der Waals surface area contributed by atoms with Gasteiger partial charge in [-0.25, -0.2) is 0 Å². The number of ether oxygens (including phenoxy) is 1. The van der Waals surface area contributed by atoms with Crippen LogP contribution in [0.1, 0.15) is 39.5 Å². The summed E-state index contributed by atoms with van der Waals surface area (Å²) >= 11 is 0. The Morgan fingerprint density at radius 2 is 2.00 bits per heavy atom. The van der Waals surface area contributed by atoms with E-state index < -0.39 is 5.97 Å². The Morgan fingerprint density at radius 3 is 2.50 bits per heavy atom. The van der Waals surface area contributed by atoms with Crippen molar-refractivity contribution in [1.29, 1.82) is 0 Å². The van der Waals surface area contributed by atoms with E-state index in [1.807, 2.05) is 18.7 Å². The van der Waals surface area contributed by atoms with Crippen molar-refractivity contribution in [2.24, 2.45) is 5.92 Å². The van der Waals surface area contributed by atoms with Crippen molar-refractivity contribution in [2.75, 3.05) is 19.7 Å². The molecule has 1 N–H and O–H groups in total. The maximum absolute atomic E-state index is 11.9. The molecule has 1 aliphatic heterocycles. The monoisotopic (exact) mass is 257 g/mol. The molecule has 0 spiro atoms. The average molecular weight is 257 g/mol. The van der Waals surface area contributed by atoms with Crippen molar-refractivity contribution in [2.45, 2.75) is 45.6 Å². The summed E-state index contributed by atoms with van der Waals surface area (Å²) < 4.78 is 5.49. The van der Waals surface area contributed by atoms with Gasteiger partial charge in [0.1, 0.15) is 0 Å². The lowest BCUT2D eigenvalue weighted by Gasteiger charge is -2.33. The lowest BCUT2D eigenvalue weighted by atomic mass is 10.0. The zero-order valence-corrected chi connectivity index (χ0v) is 11.2. The molecule has 1 rings (SSSR count). The van der Waals surface area contributed by atoms with Crippen molar-refractivity contribution < 1.29 is 19.4 Å². The molecule has 1 fully saturated rings. The number of carbonyl (C=O) groups is 2. The number of carboxylic acids is 1. The van der Waals surface area contributed by atoms with E-state index in [1.165, 1.54) is 0 Å². The maximum atomic E-state index is 11.9. The molecule has 0 aromatic carbocycles. The molecule has 0 bridgehead atoms. The van der Waals surface area contributed by atoms with E-state index in [-0.39, 0.29) is 31.0 Å². The lowest BCUT2D eigenvalue weighted by molar-refractivity contribution is -0.139. The number of hydrogen-bond acceptors (Lipinski definition) is 3. The van der Waals surface area contributed by atoms with Gasteiger partial charge in [0.05, 0.1) is 19.1 Å². The molecule has 1 heterocycles. The summed E-state index contributed by atoms with van der Waals surface area (Å²) in [6.45, 7) is 5.68. The molecule has 0 saturated carbocycles. The van der Waals surface area contributed by atoms with Crippen LogP contribution in [0.25, 0.3) is 0 Å². The Morgan fingerprint density at radius 1 is 1.39 bits per heavy atom. The summed E-state index contributed by atoms with van der Waals surface area (Å²) in [5.74, 6) is -0.518. The normalized spacial score (nSPS) is 18.7. The summed E-state index contributed by atoms with van der Waals surface area (Å²) in [6.07, 6.45) is 2.63. The van der Waals surface area contributed by atoms with Crippen LogP contribution in [0.3, 0.4) is 0 Å². The molecule has 1 unspecified atom stereocenters. The van der Waals surface area contributed by atoms with Crippen molar-refractivity contribution in [3.63, 3.8) is 0 Å². The molecule has 1 amide bonds. The third-order valence-corrected chi connectivity index (χ3v) is 3.46. The highest BCUT2D eigenvalue weighted by molar-refractivity contribution is 5.78. The third-order valence-electron chi connectivity index (χ3n) is 3.46. The van der Waals surface area contributed by atoms with E-state index in [9.17, 15) is 9.59 Å². The topological polar surface area (TPSA) is 66.8 Å². The molecule has 18 heavy (non-hydrogen) atoms. The predicted octanol–water partition coefficient (Wildman–Crippen LogP) is 1.51. The van der Waals surface area contributed by atoms with E-state index in [1.54, 1.807) is 0 Å².